The van der Waals surface area contributed by atoms with Gasteiger partial charge in [-0.3, -0.25) is 4.79 Å². The highest BCUT2D eigenvalue weighted by Crippen LogP contribution is 2.38. The third-order valence-corrected chi connectivity index (χ3v) is 5.56. The van der Waals surface area contributed by atoms with Gasteiger partial charge in [0.15, 0.2) is 0 Å². The molecule has 5 heteroatoms. The Labute approximate surface area is 142 Å². The minimum atomic E-state index is -0.764. The van der Waals surface area contributed by atoms with Crippen LogP contribution in [-0.4, -0.2) is 48.3 Å². The molecule has 132 valence electrons. The van der Waals surface area contributed by atoms with E-state index in [4.69, 9.17) is 4.74 Å². The van der Waals surface area contributed by atoms with E-state index < -0.39 is 11.0 Å². The predicted molar refractivity (Wildman–Crippen MR) is 89.2 cm³/mol. The molecule has 0 radical (unpaired) electrons. The zero-order valence-corrected chi connectivity index (χ0v) is 14.3. The van der Waals surface area contributed by atoms with Crippen molar-refractivity contribution in [1.29, 1.82) is 0 Å². The third-order valence-electron chi connectivity index (χ3n) is 5.56. The topological polar surface area (TPSA) is 49.8 Å². The molecule has 24 heavy (non-hydrogen) atoms. The van der Waals surface area contributed by atoms with E-state index in [9.17, 15) is 14.3 Å². The maximum absolute atomic E-state index is 13.3. The third kappa shape index (κ3) is 3.33. The molecule has 0 unspecified atom stereocenters. The number of aliphatic hydroxyl groups is 1. The van der Waals surface area contributed by atoms with Crippen molar-refractivity contribution in [3.8, 4) is 0 Å². The second kappa shape index (κ2) is 6.81. The van der Waals surface area contributed by atoms with Crippen molar-refractivity contribution in [3.63, 3.8) is 0 Å². The van der Waals surface area contributed by atoms with Gasteiger partial charge in [-0.1, -0.05) is 25.0 Å². The Kier molecular flexibility index (Phi) is 4.92. The van der Waals surface area contributed by atoms with Crippen LogP contribution >= 0.6 is 0 Å². The fraction of sp³-hybridized carbons (Fsp3) is 0.632. The molecular weight excluding hydrogens is 309 g/mol. The van der Waals surface area contributed by atoms with Gasteiger partial charge in [0, 0.05) is 26.8 Å². The monoisotopic (exact) mass is 335 g/mol. The van der Waals surface area contributed by atoms with Gasteiger partial charge in [0.1, 0.15) is 5.82 Å². The SMILES string of the molecule is CN(CC1(O)CCCC1)C(=O)C1(c2ccc(F)cc2)CCOCC1. The number of carbonyl (C=O) groups is 1. The lowest BCUT2D eigenvalue weighted by Gasteiger charge is -2.40. The number of carbonyl (C=O) groups excluding carboxylic acids is 1. The molecule has 1 N–H and O–H groups in total. The summed E-state index contributed by atoms with van der Waals surface area (Å²) in [7, 11) is 1.76. The molecule has 0 bridgehead atoms. The van der Waals surface area contributed by atoms with Crippen LogP contribution in [0.25, 0.3) is 0 Å². The summed E-state index contributed by atoms with van der Waals surface area (Å²) in [6, 6.07) is 6.22. The smallest absolute Gasteiger partial charge is 0.233 e. The van der Waals surface area contributed by atoms with Gasteiger partial charge in [0.2, 0.25) is 5.91 Å². The first-order valence-corrected chi connectivity index (χ1v) is 8.77. The summed E-state index contributed by atoms with van der Waals surface area (Å²) in [5.41, 5.74) is -0.614. The molecule has 0 aromatic heterocycles. The van der Waals surface area contributed by atoms with Crippen molar-refractivity contribution in [3.05, 3.63) is 35.6 Å². The van der Waals surface area contributed by atoms with E-state index in [1.165, 1.54) is 12.1 Å². The summed E-state index contributed by atoms with van der Waals surface area (Å²) in [5, 5.41) is 10.6. The van der Waals surface area contributed by atoms with E-state index in [1.807, 2.05) is 0 Å². The van der Waals surface area contributed by atoms with Crippen molar-refractivity contribution in [2.75, 3.05) is 26.8 Å². The van der Waals surface area contributed by atoms with E-state index in [2.05, 4.69) is 0 Å². The van der Waals surface area contributed by atoms with E-state index in [0.29, 0.717) is 32.6 Å². The molecule has 1 aromatic rings. The van der Waals surface area contributed by atoms with Crippen LogP contribution in [0.5, 0.6) is 0 Å². The molecule has 1 aliphatic heterocycles. The Morgan fingerprint density at radius 2 is 1.75 bits per heavy atom. The van der Waals surface area contributed by atoms with Gasteiger partial charge in [-0.05, 0) is 43.4 Å². The summed E-state index contributed by atoms with van der Waals surface area (Å²) in [4.78, 5) is 15.0. The Balaban J connectivity index is 1.84. The number of ether oxygens (including phenoxy) is 1. The zero-order chi connectivity index (χ0) is 17.2. The molecule has 4 nitrogen and oxygen atoms in total. The van der Waals surface area contributed by atoms with Gasteiger partial charge in [-0.2, -0.15) is 0 Å². The highest BCUT2D eigenvalue weighted by molar-refractivity contribution is 5.88. The Bertz CT molecular complexity index is 575. The summed E-state index contributed by atoms with van der Waals surface area (Å²) in [6.45, 7) is 1.39. The lowest BCUT2D eigenvalue weighted by Crippen LogP contribution is -2.52. The number of hydrogen-bond donors (Lipinski definition) is 1. The van der Waals surface area contributed by atoms with Gasteiger partial charge in [-0.25, -0.2) is 4.39 Å². The number of halogens is 1. The van der Waals surface area contributed by atoms with Crippen molar-refractivity contribution < 1.29 is 19.0 Å². The Morgan fingerprint density at radius 3 is 2.33 bits per heavy atom. The molecule has 2 fully saturated rings. The average molecular weight is 335 g/mol. The van der Waals surface area contributed by atoms with Crippen molar-refractivity contribution in [2.24, 2.45) is 0 Å². The van der Waals surface area contributed by atoms with Crippen LogP contribution in [0, 0.1) is 5.82 Å². The van der Waals surface area contributed by atoms with Crippen molar-refractivity contribution in [2.45, 2.75) is 49.5 Å². The standard InChI is InChI=1S/C19H26FNO3/c1-21(14-18(23)8-2-3-9-18)17(22)19(10-12-24-13-11-19)15-4-6-16(20)7-5-15/h4-7,23H,2-3,8-14H2,1H3. The van der Waals surface area contributed by atoms with Crippen molar-refractivity contribution >= 4 is 5.91 Å². The molecule has 1 amide bonds. The molecule has 1 heterocycles. The first-order valence-electron chi connectivity index (χ1n) is 8.77. The highest BCUT2D eigenvalue weighted by Gasteiger charge is 2.45. The van der Waals surface area contributed by atoms with Gasteiger partial charge < -0.3 is 14.7 Å². The average Bonchev–Trinajstić information content (AvgIpc) is 3.01. The van der Waals surface area contributed by atoms with Crippen LogP contribution in [0.2, 0.25) is 0 Å². The lowest BCUT2D eigenvalue weighted by molar-refractivity contribution is -0.143. The molecular formula is C19H26FNO3. The normalized spacial score (nSPS) is 22.3. The predicted octanol–water partition coefficient (Wildman–Crippen LogP) is 2.64. The number of benzene rings is 1. The molecule has 1 aromatic carbocycles. The Morgan fingerprint density at radius 1 is 1.17 bits per heavy atom. The number of hydrogen-bond acceptors (Lipinski definition) is 3. The molecule has 0 atom stereocenters. The molecule has 1 saturated carbocycles. The van der Waals surface area contributed by atoms with Gasteiger partial charge >= 0.3 is 0 Å². The van der Waals surface area contributed by atoms with Gasteiger partial charge in [0.05, 0.1) is 11.0 Å². The number of rotatable bonds is 4. The lowest BCUT2D eigenvalue weighted by atomic mass is 9.73. The summed E-state index contributed by atoms with van der Waals surface area (Å²) in [6.07, 6.45) is 4.68. The fourth-order valence-electron chi connectivity index (χ4n) is 4.18. The number of amides is 1. The zero-order valence-electron chi connectivity index (χ0n) is 14.3. The van der Waals surface area contributed by atoms with Gasteiger partial charge in [0.25, 0.3) is 0 Å². The summed E-state index contributed by atoms with van der Waals surface area (Å²) in [5.74, 6) is -0.306. The minimum Gasteiger partial charge on any atom is -0.388 e. The van der Waals surface area contributed by atoms with Crippen LogP contribution in [0.1, 0.15) is 44.1 Å². The van der Waals surface area contributed by atoms with Crippen LogP contribution in [0.15, 0.2) is 24.3 Å². The number of likely N-dealkylation sites (N-methyl/N-ethyl adjacent to an activating group) is 1. The maximum Gasteiger partial charge on any atom is 0.233 e. The second-order valence-electron chi connectivity index (χ2n) is 7.29. The molecule has 1 aliphatic carbocycles. The first-order chi connectivity index (χ1) is 11.5. The van der Waals surface area contributed by atoms with E-state index >= 15 is 0 Å². The quantitative estimate of drug-likeness (QED) is 0.920. The first kappa shape index (κ1) is 17.4. The summed E-state index contributed by atoms with van der Waals surface area (Å²) < 4.78 is 18.8. The fourth-order valence-corrected chi connectivity index (χ4v) is 4.18. The van der Waals surface area contributed by atoms with Crippen LogP contribution in [0.3, 0.4) is 0 Å². The molecule has 2 aliphatic rings. The largest absolute Gasteiger partial charge is 0.388 e. The maximum atomic E-state index is 13.3. The highest BCUT2D eigenvalue weighted by atomic mass is 19.1. The van der Waals surface area contributed by atoms with E-state index in [0.717, 1.165) is 31.2 Å². The Hall–Kier alpha value is -1.46. The molecule has 3 rings (SSSR count). The van der Waals surface area contributed by atoms with E-state index in [1.54, 1.807) is 24.1 Å². The van der Waals surface area contributed by atoms with Crippen LogP contribution in [0.4, 0.5) is 4.39 Å². The molecule has 0 spiro atoms. The number of nitrogens with zero attached hydrogens (tertiary/aromatic N) is 1. The van der Waals surface area contributed by atoms with Crippen LogP contribution < -0.4 is 0 Å². The van der Waals surface area contributed by atoms with E-state index in [-0.39, 0.29) is 11.7 Å². The van der Waals surface area contributed by atoms with Gasteiger partial charge in [-0.15, -0.1) is 0 Å². The second-order valence-corrected chi connectivity index (χ2v) is 7.29. The summed E-state index contributed by atoms with van der Waals surface area (Å²) >= 11 is 0. The van der Waals surface area contributed by atoms with Crippen LogP contribution in [-0.2, 0) is 14.9 Å². The van der Waals surface area contributed by atoms with Crippen molar-refractivity contribution in [1.82, 2.24) is 4.90 Å². The minimum absolute atomic E-state index is 0.00210. The molecule has 1 saturated heterocycles.